The van der Waals surface area contributed by atoms with Crippen LogP contribution in [-0.2, 0) is 6.42 Å². The number of nitriles is 1. The average molecular weight is 303 g/mol. The van der Waals surface area contributed by atoms with Gasteiger partial charge in [0.15, 0.2) is 5.69 Å². The molecule has 2 heterocycles. The molecule has 3 rings (SSSR count). The van der Waals surface area contributed by atoms with Crippen molar-refractivity contribution in [3.8, 4) is 6.07 Å². The molecule has 1 N–H and O–H groups in total. The molecular weight excluding hydrogens is 286 g/mol. The van der Waals surface area contributed by atoms with Crippen LogP contribution in [0.3, 0.4) is 0 Å². The summed E-state index contributed by atoms with van der Waals surface area (Å²) in [7, 11) is 0. The summed E-state index contributed by atoms with van der Waals surface area (Å²) in [4.78, 5) is 12.8. The normalized spacial score (nSPS) is 10.4. The van der Waals surface area contributed by atoms with E-state index in [2.05, 4.69) is 45.4 Å². The van der Waals surface area contributed by atoms with E-state index in [0.717, 1.165) is 40.8 Å². The number of aromatic nitrogens is 3. The maximum Gasteiger partial charge on any atom is 0.158 e. The Hall–Kier alpha value is -3.00. The smallest absolute Gasteiger partial charge is 0.158 e. The highest BCUT2D eigenvalue weighted by molar-refractivity contribution is 5.93. The Labute approximate surface area is 135 Å². The predicted octanol–water partition coefficient (Wildman–Crippen LogP) is 3.31. The molecule has 0 bridgehead atoms. The van der Waals surface area contributed by atoms with E-state index < -0.39 is 0 Å². The second-order valence-electron chi connectivity index (χ2n) is 5.31. The van der Waals surface area contributed by atoms with Gasteiger partial charge >= 0.3 is 0 Å². The summed E-state index contributed by atoms with van der Waals surface area (Å²) in [6, 6.07) is 10.3. The molecule has 0 unspecified atom stereocenters. The maximum absolute atomic E-state index is 8.75. The van der Waals surface area contributed by atoms with Crippen LogP contribution in [0.15, 0.2) is 42.9 Å². The van der Waals surface area contributed by atoms with Gasteiger partial charge in [-0.1, -0.05) is 19.1 Å². The van der Waals surface area contributed by atoms with Crippen molar-refractivity contribution in [3.63, 3.8) is 0 Å². The molecule has 0 aliphatic rings. The largest absolute Gasteiger partial charge is 0.385 e. The quantitative estimate of drug-likeness (QED) is 0.782. The highest BCUT2D eigenvalue weighted by atomic mass is 14.9. The number of pyridine rings is 1. The molecule has 2 aromatic heterocycles. The first-order valence-electron chi connectivity index (χ1n) is 7.62. The van der Waals surface area contributed by atoms with Gasteiger partial charge in [-0.25, -0.2) is 4.98 Å². The number of nitrogens with one attached hydrogen (secondary N) is 1. The Bertz CT molecular complexity index is 849. The Morgan fingerprint density at radius 2 is 1.96 bits per heavy atom. The summed E-state index contributed by atoms with van der Waals surface area (Å²) in [6.07, 6.45) is 6.70. The third-order valence-electron chi connectivity index (χ3n) is 3.57. The molecule has 0 amide bonds. The number of hydrogen-bond donors (Lipinski definition) is 1. The van der Waals surface area contributed by atoms with Crippen molar-refractivity contribution in [1.29, 1.82) is 5.26 Å². The molecule has 0 radical (unpaired) electrons. The predicted molar refractivity (Wildman–Crippen MR) is 90.1 cm³/mol. The van der Waals surface area contributed by atoms with Gasteiger partial charge < -0.3 is 5.32 Å². The number of benzene rings is 1. The Morgan fingerprint density at radius 3 is 2.70 bits per heavy atom. The molecular formula is C18H17N5. The summed E-state index contributed by atoms with van der Waals surface area (Å²) in [6.45, 7) is 3.09. The van der Waals surface area contributed by atoms with Gasteiger partial charge in [-0.05, 0) is 23.9 Å². The number of hydrogen-bond acceptors (Lipinski definition) is 5. The summed E-state index contributed by atoms with van der Waals surface area (Å²) in [5.41, 5.74) is 3.17. The van der Waals surface area contributed by atoms with Gasteiger partial charge in [0.2, 0.25) is 0 Å². The molecule has 5 heteroatoms. The van der Waals surface area contributed by atoms with Crippen molar-refractivity contribution in [2.75, 3.05) is 11.9 Å². The molecule has 0 aliphatic carbocycles. The lowest BCUT2D eigenvalue weighted by Gasteiger charge is -2.09. The zero-order valence-electron chi connectivity index (χ0n) is 13.0. The third-order valence-corrected chi connectivity index (χ3v) is 3.57. The SMILES string of the molecule is CCCNc1cccc2cc(Cc3cnc(C#N)cn3)ncc12. The van der Waals surface area contributed by atoms with Crippen LogP contribution >= 0.6 is 0 Å². The molecule has 5 nitrogen and oxygen atoms in total. The van der Waals surface area contributed by atoms with Gasteiger partial charge in [-0.3, -0.25) is 9.97 Å². The average Bonchev–Trinajstić information content (AvgIpc) is 2.60. The van der Waals surface area contributed by atoms with Crippen LogP contribution < -0.4 is 5.32 Å². The summed E-state index contributed by atoms with van der Waals surface area (Å²) in [5.74, 6) is 0. The van der Waals surface area contributed by atoms with Crippen molar-refractivity contribution < 1.29 is 0 Å². The van der Waals surface area contributed by atoms with Crippen molar-refractivity contribution in [3.05, 3.63) is 59.9 Å². The number of fused-ring (bicyclic) bond motifs is 1. The van der Waals surface area contributed by atoms with E-state index in [0.29, 0.717) is 12.1 Å². The van der Waals surface area contributed by atoms with E-state index in [-0.39, 0.29) is 0 Å². The van der Waals surface area contributed by atoms with E-state index in [9.17, 15) is 0 Å². The first kappa shape index (κ1) is 14.9. The lowest BCUT2D eigenvalue weighted by Crippen LogP contribution is -2.01. The molecule has 0 fully saturated rings. The van der Waals surface area contributed by atoms with Gasteiger partial charge in [-0.2, -0.15) is 5.26 Å². The molecule has 23 heavy (non-hydrogen) atoms. The van der Waals surface area contributed by atoms with Gasteiger partial charge in [0.05, 0.1) is 18.1 Å². The van der Waals surface area contributed by atoms with E-state index in [1.807, 2.05) is 18.3 Å². The van der Waals surface area contributed by atoms with Gasteiger partial charge in [-0.15, -0.1) is 0 Å². The Morgan fingerprint density at radius 1 is 1.09 bits per heavy atom. The van der Waals surface area contributed by atoms with Crippen LogP contribution in [0.5, 0.6) is 0 Å². The lowest BCUT2D eigenvalue weighted by atomic mass is 10.1. The minimum atomic E-state index is 0.326. The van der Waals surface area contributed by atoms with E-state index >= 15 is 0 Å². The molecule has 0 saturated carbocycles. The minimum absolute atomic E-state index is 0.326. The fourth-order valence-electron chi connectivity index (χ4n) is 2.42. The second kappa shape index (κ2) is 6.84. The zero-order chi connectivity index (χ0) is 16.1. The van der Waals surface area contributed by atoms with E-state index in [4.69, 9.17) is 5.26 Å². The number of anilines is 1. The van der Waals surface area contributed by atoms with Gasteiger partial charge in [0.25, 0.3) is 0 Å². The van der Waals surface area contributed by atoms with Crippen molar-refractivity contribution in [1.82, 2.24) is 15.0 Å². The maximum atomic E-state index is 8.75. The highest BCUT2D eigenvalue weighted by Gasteiger charge is 2.05. The van der Waals surface area contributed by atoms with Crippen LogP contribution in [0.1, 0.15) is 30.4 Å². The molecule has 0 saturated heterocycles. The minimum Gasteiger partial charge on any atom is -0.385 e. The standard InChI is InChI=1S/C18H17N5/c1-2-6-20-18-5-3-4-13-7-14(23-12-17(13)18)8-15-10-22-16(9-19)11-21-15/h3-5,7,10-12,20H,2,6,8H2,1H3. The van der Waals surface area contributed by atoms with Crippen LogP contribution in [0, 0.1) is 11.3 Å². The van der Waals surface area contributed by atoms with Crippen LogP contribution in [0.2, 0.25) is 0 Å². The van der Waals surface area contributed by atoms with Gasteiger partial charge in [0, 0.05) is 35.9 Å². The highest BCUT2D eigenvalue weighted by Crippen LogP contribution is 2.23. The molecule has 114 valence electrons. The number of rotatable bonds is 5. The van der Waals surface area contributed by atoms with Crippen LogP contribution in [0.25, 0.3) is 10.8 Å². The third kappa shape index (κ3) is 3.43. The van der Waals surface area contributed by atoms with E-state index in [1.54, 1.807) is 6.20 Å². The lowest BCUT2D eigenvalue weighted by molar-refractivity contribution is 0.978. The molecule has 3 aromatic rings. The van der Waals surface area contributed by atoms with E-state index in [1.165, 1.54) is 6.20 Å². The van der Waals surface area contributed by atoms with Gasteiger partial charge in [0.1, 0.15) is 6.07 Å². The zero-order valence-corrected chi connectivity index (χ0v) is 13.0. The first-order valence-corrected chi connectivity index (χ1v) is 7.62. The molecule has 0 aliphatic heterocycles. The monoisotopic (exact) mass is 303 g/mol. The fourth-order valence-corrected chi connectivity index (χ4v) is 2.42. The first-order chi connectivity index (χ1) is 11.3. The van der Waals surface area contributed by atoms with Crippen LogP contribution in [0.4, 0.5) is 5.69 Å². The summed E-state index contributed by atoms with van der Waals surface area (Å²) >= 11 is 0. The van der Waals surface area contributed by atoms with Crippen molar-refractivity contribution in [2.45, 2.75) is 19.8 Å². The van der Waals surface area contributed by atoms with Crippen LogP contribution in [-0.4, -0.2) is 21.5 Å². The van der Waals surface area contributed by atoms with Crippen molar-refractivity contribution >= 4 is 16.5 Å². The number of nitrogens with zero attached hydrogens (tertiary/aromatic N) is 4. The molecule has 1 aromatic carbocycles. The molecule has 0 atom stereocenters. The molecule has 0 spiro atoms. The van der Waals surface area contributed by atoms with Crippen molar-refractivity contribution in [2.24, 2.45) is 0 Å². The Kier molecular flexibility index (Phi) is 4.44. The Balaban J connectivity index is 1.86. The topological polar surface area (TPSA) is 74.5 Å². The summed E-state index contributed by atoms with van der Waals surface area (Å²) < 4.78 is 0. The second-order valence-corrected chi connectivity index (χ2v) is 5.31. The fraction of sp³-hybridized carbons (Fsp3) is 0.222. The summed E-state index contributed by atoms with van der Waals surface area (Å²) in [5, 5.41) is 14.5.